The lowest BCUT2D eigenvalue weighted by atomic mass is 9.58. The van der Waals surface area contributed by atoms with E-state index in [1.807, 2.05) is 25.1 Å². The molecule has 0 aromatic heterocycles. The van der Waals surface area contributed by atoms with Crippen molar-refractivity contribution in [2.45, 2.75) is 24.5 Å². The predicted octanol–water partition coefficient (Wildman–Crippen LogP) is 0.634. The Kier molecular flexibility index (Phi) is 5.53. The summed E-state index contributed by atoms with van der Waals surface area (Å²) in [5.41, 5.74) is 3.80. The van der Waals surface area contributed by atoms with Gasteiger partial charge in [-0.2, -0.15) is 0 Å². The molecule has 35 heavy (non-hydrogen) atoms. The molecule has 0 aliphatic heterocycles. The predicted molar refractivity (Wildman–Crippen MR) is 127 cm³/mol. The number of fused-ring (bicyclic) bond motifs is 3. The number of carbonyl (C=O) groups excluding carboxylic acids is 3. The van der Waals surface area contributed by atoms with Crippen LogP contribution in [0.3, 0.4) is 0 Å². The van der Waals surface area contributed by atoms with Crippen molar-refractivity contribution in [1.29, 1.82) is 0 Å². The average Bonchev–Trinajstić information content (AvgIpc) is 2.74. The summed E-state index contributed by atoms with van der Waals surface area (Å²) in [5, 5.41) is 34.1. The second-order valence-electron chi connectivity index (χ2n) is 10.7. The van der Waals surface area contributed by atoms with Gasteiger partial charge in [-0.15, -0.1) is 0 Å². The number of aliphatic hydroxyl groups is 3. The molecule has 0 fully saturated rings. The maximum Gasteiger partial charge on any atom is 0.256 e. The topological polar surface area (TPSA) is 150 Å². The van der Waals surface area contributed by atoms with Crippen molar-refractivity contribution in [3.8, 4) is 5.75 Å². The summed E-state index contributed by atoms with van der Waals surface area (Å²) in [5.74, 6) is -5.48. The molecule has 1 amide bonds. The van der Waals surface area contributed by atoms with Crippen molar-refractivity contribution >= 4 is 23.2 Å². The highest BCUT2D eigenvalue weighted by molar-refractivity contribution is 6.24. The number of likely N-dealkylation sites (N-methyl/N-ethyl adjacent to an activating group) is 1. The minimum atomic E-state index is -2.59. The molecular weight excluding hydrogens is 454 g/mol. The molecule has 0 spiro atoms. The highest BCUT2D eigenvalue weighted by atomic mass is 16.5. The van der Waals surface area contributed by atoms with Crippen molar-refractivity contribution in [2.24, 2.45) is 17.6 Å². The van der Waals surface area contributed by atoms with Gasteiger partial charge in [-0.25, -0.2) is 0 Å². The van der Waals surface area contributed by atoms with Crippen molar-refractivity contribution in [2.75, 3.05) is 47.2 Å². The summed E-state index contributed by atoms with van der Waals surface area (Å²) in [7, 11) is 10.4. The average molecular weight is 487 g/mol. The number of Topliss-reactive ketones (excluding diaryl/α,β-unsaturated/α-hetero) is 2. The molecule has 0 radical (unpaired) electrons. The van der Waals surface area contributed by atoms with E-state index in [2.05, 4.69) is 0 Å². The molecule has 1 aromatic carbocycles. The standard InChI is InChI=1S/C25H31N3O7/c1-27(2)14-7-8-15(35-6)17-12(14)9-11-10-13-19(28(3,4)5)21(30)18(24(26)33)23(32)25(13,34)22(31)16(11)20(17)29/h7-8,11,13,19,34H,9-10H2,1-6H3,(H3-,26,29,30,31,32,33)/p+1/t11-,13-,19-,25-/m0/s1. The van der Waals surface area contributed by atoms with Gasteiger partial charge in [0.25, 0.3) is 5.91 Å². The Bertz CT molecular complexity index is 1220. The Labute approximate surface area is 203 Å². The van der Waals surface area contributed by atoms with Crippen LogP contribution in [0.25, 0.3) is 0 Å². The monoisotopic (exact) mass is 486 g/mol. The number of carbonyl (C=O) groups is 3. The molecule has 188 valence electrons. The third-order valence-corrected chi connectivity index (χ3v) is 7.54. The van der Waals surface area contributed by atoms with E-state index in [0.29, 0.717) is 12.2 Å². The molecule has 0 bridgehead atoms. The van der Waals surface area contributed by atoms with E-state index in [-0.39, 0.29) is 22.0 Å². The van der Waals surface area contributed by atoms with Gasteiger partial charge < -0.3 is 35.2 Å². The van der Waals surface area contributed by atoms with Crippen LogP contribution in [-0.4, -0.2) is 91.3 Å². The second-order valence-corrected chi connectivity index (χ2v) is 10.7. The van der Waals surface area contributed by atoms with Gasteiger partial charge in [0.1, 0.15) is 17.1 Å². The minimum absolute atomic E-state index is 0.0412. The van der Waals surface area contributed by atoms with E-state index in [1.165, 1.54) is 7.11 Å². The first kappa shape index (κ1) is 24.7. The molecule has 10 heteroatoms. The van der Waals surface area contributed by atoms with Crippen LogP contribution in [0.2, 0.25) is 0 Å². The van der Waals surface area contributed by atoms with Crippen molar-refractivity contribution in [3.63, 3.8) is 0 Å². The Balaban J connectivity index is 2.00. The lowest BCUT2D eigenvalue weighted by Gasteiger charge is -2.51. The molecule has 3 aliphatic carbocycles. The molecule has 0 saturated carbocycles. The number of ketones is 2. The van der Waals surface area contributed by atoms with Crippen LogP contribution in [0, 0.1) is 11.8 Å². The highest BCUT2D eigenvalue weighted by Gasteiger charge is 2.65. The summed E-state index contributed by atoms with van der Waals surface area (Å²) in [6, 6.07) is 2.58. The Morgan fingerprint density at radius 2 is 1.83 bits per heavy atom. The number of anilines is 1. The third-order valence-electron chi connectivity index (χ3n) is 7.54. The number of nitrogens with zero attached hydrogens (tertiary/aromatic N) is 2. The number of nitrogens with two attached hydrogens (primary N) is 1. The van der Waals surface area contributed by atoms with Gasteiger partial charge in [0.05, 0.1) is 39.7 Å². The Morgan fingerprint density at radius 3 is 2.34 bits per heavy atom. The fourth-order valence-corrected chi connectivity index (χ4v) is 6.11. The first-order valence-electron chi connectivity index (χ1n) is 11.3. The number of primary amides is 1. The zero-order chi connectivity index (χ0) is 26.2. The second kappa shape index (κ2) is 7.82. The number of hydrogen-bond donors (Lipinski definition) is 4. The van der Waals surface area contributed by atoms with E-state index in [9.17, 15) is 29.7 Å². The fourth-order valence-electron chi connectivity index (χ4n) is 6.11. The largest absolute Gasteiger partial charge is 0.508 e. The molecule has 10 nitrogen and oxygen atoms in total. The van der Waals surface area contributed by atoms with Crippen LogP contribution < -0.4 is 15.4 Å². The smallest absolute Gasteiger partial charge is 0.256 e. The first-order chi connectivity index (χ1) is 16.2. The highest BCUT2D eigenvalue weighted by Crippen LogP contribution is 2.53. The molecule has 3 aliphatic rings. The molecule has 0 unspecified atom stereocenters. The number of aliphatic hydroxyl groups excluding tert-OH is 2. The number of ether oxygens (including phenoxy) is 1. The quantitative estimate of drug-likeness (QED) is 0.358. The van der Waals surface area contributed by atoms with Crippen LogP contribution in [0.5, 0.6) is 5.75 Å². The van der Waals surface area contributed by atoms with Gasteiger partial charge in [0, 0.05) is 25.4 Å². The lowest BCUT2D eigenvalue weighted by molar-refractivity contribution is -0.897. The summed E-state index contributed by atoms with van der Waals surface area (Å²) < 4.78 is 5.47. The summed E-state index contributed by atoms with van der Waals surface area (Å²) in [6.45, 7) is 0. The molecule has 1 aromatic rings. The molecule has 5 N–H and O–H groups in total. The van der Waals surface area contributed by atoms with E-state index >= 15 is 0 Å². The fraction of sp³-hybridized carbons (Fsp3) is 0.480. The Hall–Kier alpha value is -3.37. The van der Waals surface area contributed by atoms with E-state index < -0.39 is 58.0 Å². The van der Waals surface area contributed by atoms with Crippen LogP contribution >= 0.6 is 0 Å². The zero-order valence-electron chi connectivity index (χ0n) is 20.7. The molecule has 4 rings (SSSR count). The molecular formula is C25H32N3O7+. The number of amides is 1. The number of rotatable bonds is 4. The van der Waals surface area contributed by atoms with Crippen LogP contribution in [-0.2, 0) is 16.0 Å². The number of hydrogen-bond acceptors (Lipinski definition) is 8. The maximum atomic E-state index is 13.8. The van der Waals surface area contributed by atoms with Crippen LogP contribution in [0.4, 0.5) is 5.69 Å². The van der Waals surface area contributed by atoms with Crippen molar-refractivity contribution < 1.29 is 38.9 Å². The number of quaternary nitrogens is 1. The zero-order valence-corrected chi connectivity index (χ0v) is 20.7. The molecule has 0 heterocycles. The van der Waals surface area contributed by atoms with Crippen molar-refractivity contribution in [3.05, 3.63) is 45.9 Å². The molecule has 4 atom stereocenters. The summed E-state index contributed by atoms with van der Waals surface area (Å²) >= 11 is 0. The first-order valence-corrected chi connectivity index (χ1v) is 11.3. The van der Waals surface area contributed by atoms with Crippen LogP contribution in [0.1, 0.15) is 22.3 Å². The van der Waals surface area contributed by atoms with Gasteiger partial charge in [-0.05, 0) is 36.5 Å². The third kappa shape index (κ3) is 3.27. The van der Waals surface area contributed by atoms with Crippen LogP contribution in [0.15, 0.2) is 34.8 Å². The van der Waals surface area contributed by atoms with Gasteiger partial charge in [-0.1, -0.05) is 0 Å². The summed E-state index contributed by atoms with van der Waals surface area (Å²) in [6.07, 6.45) is 0.468. The van der Waals surface area contributed by atoms with Gasteiger partial charge in [-0.3, -0.25) is 14.4 Å². The Morgan fingerprint density at radius 1 is 1.20 bits per heavy atom. The molecule has 0 saturated heterocycles. The van der Waals surface area contributed by atoms with Gasteiger partial charge >= 0.3 is 0 Å². The number of methoxy groups -OCH3 is 1. The van der Waals surface area contributed by atoms with Crippen molar-refractivity contribution in [1.82, 2.24) is 0 Å². The number of benzene rings is 1. The minimum Gasteiger partial charge on any atom is -0.508 e. The summed E-state index contributed by atoms with van der Waals surface area (Å²) in [4.78, 5) is 41.2. The lowest BCUT2D eigenvalue weighted by Crippen LogP contribution is -2.67. The SMILES string of the molecule is COc1ccc(N(C)C)c2c1C(=O)C1=C(O)[C@]3(O)C(=O)C(C(N)=O)=C(O)[C@@H]([N+](C)(C)C)[C@@H]3C[C@@H]1C2. The van der Waals surface area contributed by atoms with E-state index in [0.717, 1.165) is 11.3 Å². The normalized spacial score (nSPS) is 28.4. The van der Waals surface area contributed by atoms with E-state index in [1.54, 1.807) is 27.2 Å². The van der Waals surface area contributed by atoms with E-state index in [4.69, 9.17) is 10.5 Å². The number of allylic oxidation sites excluding steroid dienone is 1. The maximum absolute atomic E-state index is 13.8. The van der Waals surface area contributed by atoms with Gasteiger partial charge in [0.15, 0.2) is 23.2 Å². The van der Waals surface area contributed by atoms with Gasteiger partial charge in [0.2, 0.25) is 5.78 Å².